The Bertz CT molecular complexity index is 2690. The van der Waals surface area contributed by atoms with Crippen LogP contribution in [-0.4, -0.2) is 58.7 Å². The molecule has 0 atom stereocenters. The van der Waals surface area contributed by atoms with Gasteiger partial charge in [-0.2, -0.15) is 0 Å². The number of ether oxygens (including phenoxy) is 3. The lowest BCUT2D eigenvalue weighted by molar-refractivity contribution is 0.355. The number of methoxy groups -OCH3 is 3. The second-order valence-electron chi connectivity index (χ2n) is 12.6. The molecular weight excluding hydrogens is 716 g/mol. The second kappa shape index (κ2) is 18.1. The monoisotopic (exact) mass is 766 g/mol. The average Bonchev–Trinajstić information content (AvgIpc) is 3.72. The average molecular weight is 767 g/mol. The Morgan fingerprint density at radius 2 is 1.05 bits per heavy atom. The number of benzene rings is 2. The highest BCUT2D eigenvalue weighted by Crippen LogP contribution is 2.28. The molecule has 296 valence electrons. The summed E-state index contributed by atoms with van der Waals surface area (Å²) in [5.74, 6) is 3.27. The van der Waals surface area contributed by atoms with Crippen LogP contribution in [0.5, 0.6) is 17.2 Å². The van der Waals surface area contributed by atoms with Gasteiger partial charge in [-0.05, 0) is 67.3 Å². The van der Waals surface area contributed by atoms with Gasteiger partial charge >= 0.3 is 11.4 Å². The predicted molar refractivity (Wildman–Crippen MR) is 223 cm³/mol. The molecule has 6 rings (SSSR count). The van der Waals surface area contributed by atoms with E-state index in [0.29, 0.717) is 58.6 Å². The van der Waals surface area contributed by atoms with Crippen molar-refractivity contribution in [3.8, 4) is 17.2 Å². The van der Waals surface area contributed by atoms with Crippen LogP contribution in [0.2, 0.25) is 0 Å². The number of rotatable bonds is 10. The van der Waals surface area contributed by atoms with Crippen LogP contribution in [0.3, 0.4) is 0 Å². The molecule has 0 saturated carbocycles. The van der Waals surface area contributed by atoms with Gasteiger partial charge in [0.15, 0.2) is 33.8 Å². The third-order valence-electron chi connectivity index (χ3n) is 9.24. The molecule has 0 aliphatic rings. The molecule has 6 aromatic rings. The standard InChI is InChI=1S/C20H24N4O4.C19H22N4O3.C2H4/c1-6-11-24-18-17(19(25)23(3)20(24)26)22(2)16(21-18)10-8-13-7-9-14(27-4)15(12-13)28-5;1-6-23-17-16(18(24)22(4)19(23)25)21(3)15(20-17)10-9-13-8-7-12(2)14(11-13)26-5;1-2/h7-10,12H,6,11H2,1-5H3;7-11H,6H2,1-5H3;1-2H2/b10-8+;10-9+;. The summed E-state index contributed by atoms with van der Waals surface area (Å²) in [6.07, 6.45) is 8.17. The van der Waals surface area contributed by atoms with Crippen LogP contribution >= 0.6 is 0 Å². The Kier molecular flexibility index (Phi) is 13.6. The number of hydrogen-bond donors (Lipinski definition) is 0. The zero-order valence-corrected chi connectivity index (χ0v) is 33.7. The van der Waals surface area contributed by atoms with Crippen LogP contribution < -0.4 is 36.7 Å². The molecule has 0 aliphatic carbocycles. The maximum Gasteiger partial charge on any atom is 0.332 e. The van der Waals surface area contributed by atoms with Crippen LogP contribution in [0.15, 0.2) is 68.7 Å². The fourth-order valence-corrected chi connectivity index (χ4v) is 6.14. The summed E-state index contributed by atoms with van der Waals surface area (Å²) in [4.78, 5) is 58.9. The Balaban J connectivity index is 0.000000239. The number of nitrogens with zero attached hydrogens (tertiary/aromatic N) is 8. The van der Waals surface area contributed by atoms with Gasteiger partial charge in [-0.1, -0.05) is 37.3 Å². The third kappa shape index (κ3) is 8.06. The SMILES string of the molecule is C=C.CCCn1c(=O)n(C)c(=O)c2c1nc(/C=C/c1ccc(OC)c(OC)c1)n2C.CCn1c(=O)n(C)c(=O)c2c1nc(/C=C/c1ccc(C)c(OC)c1)n2C. The Labute approximate surface area is 324 Å². The lowest BCUT2D eigenvalue weighted by Crippen LogP contribution is -2.38. The van der Waals surface area contributed by atoms with Gasteiger partial charge in [-0.15, -0.1) is 13.2 Å². The summed E-state index contributed by atoms with van der Waals surface area (Å²) < 4.78 is 24.6. The molecule has 0 saturated heterocycles. The first-order valence-electron chi connectivity index (χ1n) is 17.9. The molecule has 0 amide bonds. The van der Waals surface area contributed by atoms with Crippen molar-refractivity contribution in [2.24, 2.45) is 28.2 Å². The smallest absolute Gasteiger partial charge is 0.332 e. The summed E-state index contributed by atoms with van der Waals surface area (Å²) in [6.45, 7) is 12.8. The minimum absolute atomic E-state index is 0.346. The van der Waals surface area contributed by atoms with Crippen LogP contribution in [-0.2, 0) is 41.3 Å². The van der Waals surface area contributed by atoms with Gasteiger partial charge in [0.25, 0.3) is 11.1 Å². The molecule has 15 nitrogen and oxygen atoms in total. The summed E-state index contributed by atoms with van der Waals surface area (Å²) in [7, 11) is 11.3. The normalized spacial score (nSPS) is 11.2. The van der Waals surface area contributed by atoms with Gasteiger partial charge in [0.1, 0.15) is 17.4 Å². The Morgan fingerprint density at radius 3 is 1.52 bits per heavy atom. The van der Waals surface area contributed by atoms with E-state index in [4.69, 9.17) is 14.2 Å². The molecule has 4 aromatic heterocycles. The minimum atomic E-state index is -0.359. The Hall–Kier alpha value is -6.64. The number of aromatic nitrogens is 8. The molecule has 15 heteroatoms. The zero-order valence-electron chi connectivity index (χ0n) is 33.7. The summed E-state index contributed by atoms with van der Waals surface area (Å²) in [6, 6.07) is 11.5. The van der Waals surface area contributed by atoms with Crippen molar-refractivity contribution >= 4 is 46.6 Å². The first kappa shape index (κ1) is 42.1. The highest BCUT2D eigenvalue weighted by atomic mass is 16.5. The number of aryl methyl sites for hydroxylation is 5. The highest BCUT2D eigenvalue weighted by Gasteiger charge is 2.18. The first-order valence-corrected chi connectivity index (χ1v) is 17.9. The fraction of sp³-hybridized carbons (Fsp3) is 0.317. The molecule has 0 bridgehead atoms. The van der Waals surface area contributed by atoms with Crippen molar-refractivity contribution in [1.29, 1.82) is 0 Å². The van der Waals surface area contributed by atoms with E-state index < -0.39 is 0 Å². The second-order valence-corrected chi connectivity index (χ2v) is 12.6. The van der Waals surface area contributed by atoms with Crippen molar-refractivity contribution in [2.75, 3.05) is 21.3 Å². The first-order chi connectivity index (χ1) is 26.8. The maximum absolute atomic E-state index is 12.6. The van der Waals surface area contributed by atoms with Gasteiger partial charge in [0.05, 0.1) is 21.3 Å². The molecule has 0 spiro atoms. The molecule has 0 radical (unpaired) electrons. The van der Waals surface area contributed by atoms with Gasteiger partial charge in [-0.25, -0.2) is 19.6 Å². The van der Waals surface area contributed by atoms with Gasteiger partial charge < -0.3 is 23.3 Å². The number of imidazole rings is 2. The number of fused-ring (bicyclic) bond motifs is 2. The lowest BCUT2D eigenvalue weighted by Gasteiger charge is -2.07. The molecule has 2 aromatic carbocycles. The summed E-state index contributed by atoms with van der Waals surface area (Å²) in [5.41, 5.74) is 3.13. The molecule has 4 heterocycles. The van der Waals surface area contributed by atoms with Crippen LogP contribution in [0.4, 0.5) is 0 Å². The summed E-state index contributed by atoms with van der Waals surface area (Å²) >= 11 is 0. The van der Waals surface area contributed by atoms with Crippen molar-refractivity contribution in [1.82, 2.24) is 37.4 Å². The van der Waals surface area contributed by atoms with Crippen molar-refractivity contribution in [3.05, 3.63) is 120 Å². The maximum atomic E-state index is 12.6. The van der Waals surface area contributed by atoms with E-state index in [-0.39, 0.29) is 22.5 Å². The number of hydrogen-bond acceptors (Lipinski definition) is 9. The van der Waals surface area contributed by atoms with Gasteiger partial charge in [-0.3, -0.25) is 27.9 Å². The fourth-order valence-electron chi connectivity index (χ4n) is 6.14. The highest BCUT2D eigenvalue weighted by molar-refractivity contribution is 5.78. The van der Waals surface area contributed by atoms with Gasteiger partial charge in [0.2, 0.25) is 0 Å². The lowest BCUT2D eigenvalue weighted by atomic mass is 10.1. The van der Waals surface area contributed by atoms with Crippen molar-refractivity contribution < 1.29 is 14.2 Å². The van der Waals surface area contributed by atoms with Crippen LogP contribution in [0.25, 0.3) is 46.6 Å². The molecule has 0 unspecified atom stereocenters. The predicted octanol–water partition coefficient (Wildman–Crippen LogP) is 4.77. The van der Waals surface area contributed by atoms with E-state index in [0.717, 1.165) is 38.0 Å². The largest absolute Gasteiger partial charge is 0.496 e. The van der Waals surface area contributed by atoms with E-state index in [1.807, 2.05) is 75.4 Å². The zero-order chi connectivity index (χ0) is 41.4. The minimum Gasteiger partial charge on any atom is -0.496 e. The quantitative estimate of drug-likeness (QED) is 0.180. The topological polar surface area (TPSA) is 151 Å². The molecule has 0 N–H and O–H groups in total. The van der Waals surface area contributed by atoms with Crippen LogP contribution in [0, 0.1) is 6.92 Å². The molecule has 0 fully saturated rings. The van der Waals surface area contributed by atoms with Crippen LogP contribution in [0.1, 0.15) is 48.6 Å². The molecule has 0 aliphatic heterocycles. The van der Waals surface area contributed by atoms with Gasteiger partial charge in [0, 0.05) is 41.3 Å². The van der Waals surface area contributed by atoms with E-state index in [1.165, 1.54) is 18.7 Å². The van der Waals surface area contributed by atoms with E-state index in [1.54, 1.807) is 55.2 Å². The Morgan fingerprint density at radius 1 is 0.607 bits per heavy atom. The summed E-state index contributed by atoms with van der Waals surface area (Å²) in [5, 5.41) is 0. The third-order valence-corrected chi connectivity index (χ3v) is 9.24. The van der Waals surface area contributed by atoms with E-state index in [2.05, 4.69) is 23.1 Å². The van der Waals surface area contributed by atoms with Crippen molar-refractivity contribution in [3.63, 3.8) is 0 Å². The van der Waals surface area contributed by atoms with E-state index in [9.17, 15) is 19.2 Å². The molecule has 56 heavy (non-hydrogen) atoms. The van der Waals surface area contributed by atoms with Crippen molar-refractivity contribution in [2.45, 2.75) is 40.3 Å². The van der Waals surface area contributed by atoms with E-state index >= 15 is 0 Å². The molecular formula is C41H50N8O7.